The molecular weight excluding hydrogens is 307 g/mol. The second-order valence-electron chi connectivity index (χ2n) is 4.88. The van der Waals surface area contributed by atoms with Gasteiger partial charge in [0.15, 0.2) is 0 Å². The second-order valence-corrected chi connectivity index (χ2v) is 5.74. The van der Waals surface area contributed by atoms with Gasteiger partial charge >= 0.3 is 0 Å². The van der Waals surface area contributed by atoms with Crippen molar-refractivity contribution in [2.24, 2.45) is 0 Å². The van der Waals surface area contributed by atoms with E-state index in [1.54, 1.807) is 6.07 Å². The van der Waals surface area contributed by atoms with E-state index in [-0.39, 0.29) is 5.82 Å². The van der Waals surface area contributed by atoms with Crippen molar-refractivity contribution >= 4 is 15.9 Å². The van der Waals surface area contributed by atoms with Crippen LogP contribution in [0.25, 0.3) is 0 Å². The molecular formula is C16H16BrFO. The number of aliphatic hydroxyl groups is 1. The van der Waals surface area contributed by atoms with E-state index in [1.807, 2.05) is 13.8 Å². The summed E-state index contributed by atoms with van der Waals surface area (Å²) >= 11 is 3.29. The van der Waals surface area contributed by atoms with Crippen molar-refractivity contribution in [3.05, 3.63) is 68.9 Å². The molecule has 1 atom stereocenters. The highest BCUT2D eigenvalue weighted by molar-refractivity contribution is 9.10. The highest BCUT2D eigenvalue weighted by atomic mass is 79.9. The molecule has 2 aromatic carbocycles. The van der Waals surface area contributed by atoms with E-state index in [2.05, 4.69) is 34.1 Å². The van der Waals surface area contributed by atoms with Crippen LogP contribution in [0, 0.1) is 19.7 Å². The van der Waals surface area contributed by atoms with Gasteiger partial charge in [0.05, 0.1) is 6.10 Å². The molecule has 1 nitrogen and oxygen atoms in total. The normalized spacial score (nSPS) is 12.5. The number of aryl methyl sites for hydroxylation is 2. The molecule has 0 fully saturated rings. The third-order valence-electron chi connectivity index (χ3n) is 3.03. The molecule has 0 saturated carbocycles. The molecule has 0 aliphatic heterocycles. The Labute approximate surface area is 121 Å². The maximum absolute atomic E-state index is 13.0. The average molecular weight is 323 g/mol. The summed E-state index contributed by atoms with van der Waals surface area (Å²) in [5, 5.41) is 10.3. The highest BCUT2D eigenvalue weighted by Gasteiger charge is 2.13. The zero-order valence-electron chi connectivity index (χ0n) is 11.0. The lowest BCUT2D eigenvalue weighted by Gasteiger charge is -2.14. The van der Waals surface area contributed by atoms with Crippen LogP contribution in [0.3, 0.4) is 0 Å². The molecule has 3 heteroatoms. The van der Waals surface area contributed by atoms with Gasteiger partial charge < -0.3 is 5.11 Å². The van der Waals surface area contributed by atoms with E-state index < -0.39 is 6.10 Å². The molecule has 100 valence electrons. The fourth-order valence-electron chi connectivity index (χ4n) is 2.29. The van der Waals surface area contributed by atoms with Gasteiger partial charge in [-0.15, -0.1) is 0 Å². The number of halogens is 2. The van der Waals surface area contributed by atoms with Crippen LogP contribution in [-0.4, -0.2) is 5.11 Å². The molecule has 2 aromatic rings. The second kappa shape index (κ2) is 5.85. The lowest BCUT2D eigenvalue weighted by Crippen LogP contribution is -2.03. The lowest BCUT2D eigenvalue weighted by atomic mass is 9.98. The van der Waals surface area contributed by atoms with Crippen LogP contribution in [0.5, 0.6) is 0 Å². The van der Waals surface area contributed by atoms with Gasteiger partial charge in [0.2, 0.25) is 0 Å². The van der Waals surface area contributed by atoms with Gasteiger partial charge in [-0.25, -0.2) is 4.39 Å². The molecule has 0 aromatic heterocycles. The summed E-state index contributed by atoms with van der Waals surface area (Å²) in [6.07, 6.45) is -0.122. The third kappa shape index (κ3) is 3.64. The highest BCUT2D eigenvalue weighted by Crippen LogP contribution is 2.27. The minimum absolute atomic E-state index is 0.311. The molecule has 1 N–H and O–H groups in total. The predicted octanol–water partition coefficient (Wildman–Crippen LogP) is 4.48. The van der Waals surface area contributed by atoms with E-state index in [1.165, 1.54) is 23.3 Å². The van der Waals surface area contributed by atoms with Gasteiger partial charge in [0.25, 0.3) is 0 Å². The first-order valence-corrected chi connectivity index (χ1v) is 6.95. The van der Waals surface area contributed by atoms with Gasteiger partial charge in [0, 0.05) is 10.9 Å². The van der Waals surface area contributed by atoms with Crippen LogP contribution in [0.15, 0.2) is 40.9 Å². The summed E-state index contributed by atoms with van der Waals surface area (Å²) in [7, 11) is 0. The van der Waals surface area contributed by atoms with Crippen molar-refractivity contribution in [1.82, 2.24) is 0 Å². The summed E-state index contributed by atoms with van der Waals surface area (Å²) in [6, 6.07) is 10.6. The summed E-state index contributed by atoms with van der Waals surface area (Å²) in [5.74, 6) is -0.311. The van der Waals surface area contributed by atoms with E-state index in [9.17, 15) is 9.50 Å². The standard InChI is InChI=1S/C16H16BrFO/c1-10-5-11(2)7-12(6-10)8-16(19)14-4-3-13(18)9-15(14)17/h3-7,9,16,19H,8H2,1-2H3. The minimum atomic E-state index is -0.642. The summed E-state index contributed by atoms with van der Waals surface area (Å²) < 4.78 is 13.6. The van der Waals surface area contributed by atoms with Crippen LogP contribution >= 0.6 is 15.9 Å². The monoisotopic (exact) mass is 322 g/mol. The van der Waals surface area contributed by atoms with Gasteiger partial charge in [-0.2, -0.15) is 0 Å². The van der Waals surface area contributed by atoms with E-state index >= 15 is 0 Å². The molecule has 0 heterocycles. The average Bonchev–Trinajstić information content (AvgIpc) is 2.26. The zero-order chi connectivity index (χ0) is 14.0. The van der Waals surface area contributed by atoms with Crippen LogP contribution in [-0.2, 0) is 6.42 Å². The third-order valence-corrected chi connectivity index (χ3v) is 3.72. The summed E-state index contributed by atoms with van der Waals surface area (Å²) in [4.78, 5) is 0. The van der Waals surface area contributed by atoms with Crippen molar-refractivity contribution in [2.45, 2.75) is 26.4 Å². The Hall–Kier alpha value is -1.19. The van der Waals surface area contributed by atoms with E-state index in [0.29, 0.717) is 16.5 Å². The summed E-state index contributed by atoms with van der Waals surface area (Å²) in [6.45, 7) is 4.08. The first-order valence-electron chi connectivity index (χ1n) is 6.16. The Morgan fingerprint density at radius 3 is 2.32 bits per heavy atom. The largest absolute Gasteiger partial charge is 0.388 e. The number of hydrogen-bond acceptors (Lipinski definition) is 1. The fraction of sp³-hybridized carbons (Fsp3) is 0.250. The summed E-state index contributed by atoms with van der Waals surface area (Å²) in [5.41, 5.74) is 4.16. The molecule has 0 radical (unpaired) electrons. The van der Waals surface area contributed by atoms with Crippen LogP contribution < -0.4 is 0 Å². The molecule has 0 aliphatic carbocycles. The van der Waals surface area contributed by atoms with Crippen molar-refractivity contribution in [2.75, 3.05) is 0 Å². The Bertz CT molecular complexity index is 575. The van der Waals surface area contributed by atoms with Crippen molar-refractivity contribution in [1.29, 1.82) is 0 Å². The minimum Gasteiger partial charge on any atom is -0.388 e. The Kier molecular flexibility index (Phi) is 4.38. The SMILES string of the molecule is Cc1cc(C)cc(CC(O)c2ccc(F)cc2Br)c1. The molecule has 0 spiro atoms. The van der Waals surface area contributed by atoms with Gasteiger partial charge in [-0.1, -0.05) is 51.3 Å². The van der Waals surface area contributed by atoms with E-state index in [4.69, 9.17) is 0 Å². The van der Waals surface area contributed by atoms with Crippen molar-refractivity contribution in [3.8, 4) is 0 Å². The predicted molar refractivity (Wildman–Crippen MR) is 78.7 cm³/mol. The molecule has 0 saturated heterocycles. The topological polar surface area (TPSA) is 20.2 Å². The molecule has 0 aliphatic rings. The number of hydrogen-bond donors (Lipinski definition) is 1. The smallest absolute Gasteiger partial charge is 0.124 e. The van der Waals surface area contributed by atoms with Crippen molar-refractivity contribution < 1.29 is 9.50 Å². The Balaban J connectivity index is 2.22. The van der Waals surface area contributed by atoms with Crippen molar-refractivity contribution in [3.63, 3.8) is 0 Å². The maximum atomic E-state index is 13.0. The fourth-order valence-corrected chi connectivity index (χ4v) is 2.91. The molecule has 1 unspecified atom stereocenters. The number of rotatable bonds is 3. The van der Waals surface area contributed by atoms with Gasteiger partial charge in [-0.05, 0) is 37.1 Å². The van der Waals surface area contributed by atoms with Gasteiger partial charge in [-0.3, -0.25) is 0 Å². The Morgan fingerprint density at radius 1 is 1.11 bits per heavy atom. The first-order chi connectivity index (χ1) is 8.95. The Morgan fingerprint density at radius 2 is 1.74 bits per heavy atom. The molecule has 0 bridgehead atoms. The molecule has 2 rings (SSSR count). The number of benzene rings is 2. The zero-order valence-corrected chi connectivity index (χ0v) is 12.5. The van der Waals surface area contributed by atoms with Gasteiger partial charge in [0.1, 0.15) is 5.82 Å². The lowest BCUT2D eigenvalue weighted by molar-refractivity contribution is 0.177. The maximum Gasteiger partial charge on any atom is 0.124 e. The van der Waals surface area contributed by atoms with Crippen LogP contribution in [0.4, 0.5) is 4.39 Å². The van der Waals surface area contributed by atoms with E-state index in [0.717, 1.165) is 5.56 Å². The van der Waals surface area contributed by atoms with Crippen LogP contribution in [0.1, 0.15) is 28.4 Å². The molecule has 19 heavy (non-hydrogen) atoms. The quantitative estimate of drug-likeness (QED) is 0.883. The first kappa shape index (κ1) is 14.2. The number of aliphatic hydroxyl groups excluding tert-OH is 1. The van der Waals surface area contributed by atoms with Crippen LogP contribution in [0.2, 0.25) is 0 Å². The molecule has 0 amide bonds.